The van der Waals surface area contributed by atoms with Crippen molar-refractivity contribution >= 4 is 62.0 Å². The summed E-state index contributed by atoms with van der Waals surface area (Å²) in [5.74, 6) is 2.50. The highest BCUT2D eigenvalue weighted by molar-refractivity contribution is 6.04. The highest BCUT2D eigenvalue weighted by atomic mass is 19.1. The number of nitrogens with one attached hydrogen (secondary N) is 1. The van der Waals surface area contributed by atoms with Crippen LogP contribution < -0.4 is 19.9 Å². The third-order valence-electron chi connectivity index (χ3n) is 18.9. The van der Waals surface area contributed by atoms with E-state index >= 15 is 8.78 Å². The lowest BCUT2D eigenvalue weighted by Crippen LogP contribution is -2.49. The number of anilines is 2. The molecule has 13 rings (SSSR count). The number of ether oxygens (including phenoxy) is 3. The Hall–Kier alpha value is -6.97. The fraction of sp³-hybridized carbons (Fsp3) is 0.525. The largest absolute Gasteiger partial charge is 0.461 e. The van der Waals surface area contributed by atoms with Crippen LogP contribution in [0.25, 0.3) is 43.8 Å². The number of fused-ring (bicyclic) bond motifs is 5. The predicted molar refractivity (Wildman–Crippen MR) is 296 cm³/mol. The Labute approximate surface area is 458 Å². The van der Waals surface area contributed by atoms with Gasteiger partial charge >= 0.3 is 12.1 Å². The maximum Gasteiger partial charge on any atom is 0.409 e. The lowest BCUT2D eigenvalue weighted by atomic mass is 9.78. The molecule has 0 radical (unpaired) electrons. The van der Waals surface area contributed by atoms with E-state index in [1.807, 2.05) is 22.7 Å². The van der Waals surface area contributed by atoms with E-state index < -0.39 is 17.6 Å². The molecule has 79 heavy (non-hydrogen) atoms. The predicted octanol–water partition coefficient (Wildman–Crippen LogP) is 8.83. The molecule has 6 saturated heterocycles. The van der Waals surface area contributed by atoms with Gasteiger partial charge in [-0.25, -0.2) is 18.6 Å². The summed E-state index contributed by atoms with van der Waals surface area (Å²) in [6.45, 7) is 8.88. The highest BCUT2D eigenvalue weighted by Crippen LogP contribution is 2.45. The lowest BCUT2D eigenvalue weighted by Gasteiger charge is -2.40. The number of aryl methyl sites for hydroxylation is 2. The zero-order chi connectivity index (χ0) is 54.1. The molecule has 3 aromatic carbocycles. The summed E-state index contributed by atoms with van der Waals surface area (Å²) in [7, 11) is 1.91. The molecule has 10 heterocycles. The standard InChI is InChI=1S/C61H68F2N10O6/c1-4-43-47(62)15-10-38-8-5-9-45(51(38)43)55-53(63)56-52-48(64-55)16-12-41-33-77-29-7-24-72(41)57(52)67-59(66-56)79-35-61-22-6-25-73(61)42(18-23-61)34-78-60(76)71-28-21-39(36(2)32-71)30-37-19-26-70(27-20-37)40-11-13-44-49(31-40)69(3)68-54(44)46-14-17-50(74)65-58(46)75/h1,5,8-11,13,15,31,36-37,39,41-42,46H,6-7,12,14,16-30,32-35H2,2-3H3,(H,65,74,75)/t36-,39-,41-,42-,46?,61-/m0/s1. The van der Waals surface area contributed by atoms with Crippen LogP contribution in [0.3, 0.4) is 0 Å². The fourth-order valence-electron chi connectivity index (χ4n) is 14.7. The Balaban J connectivity index is 0.641. The first kappa shape index (κ1) is 51.5. The Morgan fingerprint density at radius 3 is 2.65 bits per heavy atom. The quantitative estimate of drug-likeness (QED) is 0.103. The zero-order valence-corrected chi connectivity index (χ0v) is 45.2. The Bertz CT molecular complexity index is 3450. The van der Waals surface area contributed by atoms with Gasteiger partial charge in [-0.3, -0.25) is 24.5 Å². The number of likely N-dealkylation sites (tertiary alicyclic amines) is 1. The van der Waals surface area contributed by atoms with E-state index in [0.29, 0.717) is 116 Å². The summed E-state index contributed by atoms with van der Waals surface area (Å²) in [5.41, 5.74) is 3.86. The van der Waals surface area contributed by atoms with Crippen molar-refractivity contribution < 1.29 is 37.4 Å². The molecule has 3 aromatic heterocycles. The normalized spacial score (nSPS) is 25.8. The number of nitrogens with zero attached hydrogens (tertiary/aromatic N) is 9. The van der Waals surface area contributed by atoms with Gasteiger partial charge in [-0.1, -0.05) is 37.1 Å². The molecule has 7 aliphatic heterocycles. The number of terminal acetylenes is 1. The average Bonchev–Trinajstić information content (AvgIpc) is 4.26. The number of carbonyl (C=O) groups is 3. The van der Waals surface area contributed by atoms with Gasteiger partial charge in [0.2, 0.25) is 11.8 Å². The van der Waals surface area contributed by atoms with Crippen LogP contribution in [0.1, 0.15) is 107 Å². The van der Waals surface area contributed by atoms with Crippen molar-refractivity contribution in [3.05, 3.63) is 77.1 Å². The van der Waals surface area contributed by atoms with Gasteiger partial charge in [-0.2, -0.15) is 15.1 Å². The molecule has 16 nitrogen and oxygen atoms in total. The number of benzene rings is 3. The summed E-state index contributed by atoms with van der Waals surface area (Å²) < 4.78 is 53.4. The van der Waals surface area contributed by atoms with Crippen LogP contribution in [0.2, 0.25) is 0 Å². The molecule has 1 N–H and O–H groups in total. The minimum Gasteiger partial charge on any atom is -0.461 e. The van der Waals surface area contributed by atoms with E-state index in [1.165, 1.54) is 6.07 Å². The molecule has 7 aliphatic rings. The molecule has 0 spiro atoms. The molecule has 6 aromatic rings. The summed E-state index contributed by atoms with van der Waals surface area (Å²) in [6, 6.07) is 14.9. The third-order valence-corrected chi connectivity index (χ3v) is 18.9. The van der Waals surface area contributed by atoms with Crippen molar-refractivity contribution in [2.24, 2.45) is 24.8 Å². The molecule has 0 bridgehead atoms. The number of aromatic nitrogens is 5. The Kier molecular flexibility index (Phi) is 13.6. The van der Waals surface area contributed by atoms with Crippen molar-refractivity contribution in [1.82, 2.24) is 39.8 Å². The number of carbonyl (C=O) groups excluding carboxylic acids is 3. The Morgan fingerprint density at radius 1 is 0.937 bits per heavy atom. The maximum absolute atomic E-state index is 17.5. The smallest absolute Gasteiger partial charge is 0.409 e. The first-order valence-corrected chi connectivity index (χ1v) is 28.7. The molecule has 6 fully saturated rings. The van der Waals surface area contributed by atoms with Crippen molar-refractivity contribution in [3.8, 4) is 29.6 Å². The minimum atomic E-state index is -0.640. The topological polar surface area (TPSA) is 160 Å². The molecule has 3 amide bonds. The van der Waals surface area contributed by atoms with Crippen LogP contribution >= 0.6 is 0 Å². The molecule has 18 heteroatoms. The van der Waals surface area contributed by atoms with Crippen LogP contribution in [-0.2, 0) is 32.5 Å². The average molecular weight is 1080 g/mol. The number of imide groups is 1. The molecule has 1 unspecified atom stereocenters. The molecule has 6 atom stereocenters. The second kappa shape index (κ2) is 20.9. The van der Waals surface area contributed by atoms with Crippen molar-refractivity contribution in [1.29, 1.82) is 0 Å². The third kappa shape index (κ3) is 9.37. The summed E-state index contributed by atoms with van der Waals surface area (Å²) in [4.78, 5) is 62.2. The van der Waals surface area contributed by atoms with E-state index in [4.69, 9.17) is 40.7 Å². The van der Waals surface area contributed by atoms with Gasteiger partial charge in [0, 0.05) is 80.9 Å². The molecule has 0 aliphatic carbocycles. The van der Waals surface area contributed by atoms with Crippen LogP contribution in [0.4, 0.5) is 25.1 Å². The second-order valence-corrected chi connectivity index (χ2v) is 23.5. The van der Waals surface area contributed by atoms with Gasteiger partial charge in [-0.15, -0.1) is 6.42 Å². The van der Waals surface area contributed by atoms with E-state index in [1.54, 1.807) is 18.2 Å². The SMILES string of the molecule is C#Cc1c(F)ccc2cccc(-c3nc4c5c(nc(OC[C@@]67CCCN6[C@H](COC(=O)N6CC[C@@H](CC8CCN(c9ccc%10c(C%11CCC(=O)NC%11=O)nn(C)c%10c9)CC8)[C@@H](C)C6)CC7)nc5c3F)N3CCCOC[C@@H]3CC4)c12. The highest BCUT2D eigenvalue weighted by Gasteiger charge is 2.50. The molecule has 412 valence electrons. The first-order valence-electron chi connectivity index (χ1n) is 28.7. The van der Waals surface area contributed by atoms with Crippen molar-refractivity contribution in [3.63, 3.8) is 0 Å². The fourth-order valence-corrected chi connectivity index (χ4v) is 14.7. The number of halogens is 2. The number of piperidine rings is 3. The second-order valence-electron chi connectivity index (χ2n) is 23.5. The van der Waals surface area contributed by atoms with Gasteiger partial charge in [0.05, 0.1) is 52.0 Å². The first-order chi connectivity index (χ1) is 38.4. The molecule has 0 saturated carbocycles. The van der Waals surface area contributed by atoms with Gasteiger partial charge in [0.1, 0.15) is 36.1 Å². The maximum atomic E-state index is 17.5. The summed E-state index contributed by atoms with van der Waals surface area (Å²) >= 11 is 0. The number of pyridine rings is 1. The monoisotopic (exact) mass is 1070 g/mol. The number of rotatable bonds is 10. The molecular weight excluding hydrogens is 1010 g/mol. The number of hydrogen-bond donors (Lipinski definition) is 1. The van der Waals surface area contributed by atoms with Gasteiger partial charge in [0.15, 0.2) is 5.82 Å². The Morgan fingerprint density at radius 2 is 1.81 bits per heavy atom. The minimum absolute atomic E-state index is 0.00441. The van der Waals surface area contributed by atoms with Crippen LogP contribution in [0.15, 0.2) is 48.5 Å². The van der Waals surface area contributed by atoms with Gasteiger partial charge < -0.3 is 28.9 Å². The number of amides is 3. The van der Waals surface area contributed by atoms with Gasteiger partial charge in [-0.05, 0) is 131 Å². The summed E-state index contributed by atoms with van der Waals surface area (Å²) in [6.07, 6.45) is 16.4. The van der Waals surface area contributed by atoms with E-state index in [0.717, 1.165) is 106 Å². The van der Waals surface area contributed by atoms with Crippen molar-refractivity contribution in [2.75, 3.05) is 75.5 Å². The molecular formula is C61H68F2N10O6. The van der Waals surface area contributed by atoms with Crippen molar-refractivity contribution in [2.45, 2.75) is 114 Å². The van der Waals surface area contributed by atoms with E-state index in [2.05, 4.69) is 51.1 Å². The number of hydrogen-bond acceptors (Lipinski definition) is 13. The van der Waals surface area contributed by atoms with Crippen LogP contribution in [-0.4, -0.2) is 136 Å². The van der Waals surface area contributed by atoms with Crippen LogP contribution in [0.5, 0.6) is 6.01 Å². The van der Waals surface area contributed by atoms with Crippen LogP contribution in [0, 0.1) is 41.7 Å². The summed E-state index contributed by atoms with van der Waals surface area (Å²) in [5, 5.41) is 9.84. The lowest BCUT2D eigenvalue weighted by molar-refractivity contribution is -0.134. The van der Waals surface area contributed by atoms with E-state index in [-0.39, 0.29) is 58.3 Å². The van der Waals surface area contributed by atoms with E-state index in [9.17, 15) is 14.4 Å². The zero-order valence-electron chi connectivity index (χ0n) is 45.2. The van der Waals surface area contributed by atoms with Gasteiger partial charge in [0.25, 0.3) is 0 Å².